The van der Waals surface area contributed by atoms with E-state index in [1.54, 1.807) is 0 Å². The summed E-state index contributed by atoms with van der Waals surface area (Å²) in [4.78, 5) is 0. The summed E-state index contributed by atoms with van der Waals surface area (Å²) >= 11 is 10.4. The summed E-state index contributed by atoms with van der Waals surface area (Å²) in [5.41, 5.74) is 0. The van der Waals surface area contributed by atoms with Crippen LogP contribution in [0.3, 0.4) is 0 Å². The first-order valence-corrected chi connectivity index (χ1v) is 7.56. The Morgan fingerprint density at radius 2 is 1.25 bits per heavy atom. The minimum absolute atomic E-state index is 0.521. The Morgan fingerprint density at radius 3 is 1.75 bits per heavy atom. The van der Waals surface area contributed by atoms with Gasteiger partial charge in [-0.05, 0) is 12.8 Å². The van der Waals surface area contributed by atoms with Crippen LogP contribution < -0.4 is 0 Å². The van der Waals surface area contributed by atoms with Crippen molar-refractivity contribution in [2.45, 2.75) is 48.7 Å². The molecule has 0 saturated carbocycles. The van der Waals surface area contributed by atoms with E-state index >= 15 is 0 Å². The van der Waals surface area contributed by atoms with E-state index in [2.05, 4.69) is 47.8 Å². The maximum absolute atomic E-state index is 3.48. The standard InChI is InChI=1S/C9H17Br3/c10-8-6-4-2-1-3-5-7-9(11)12/h9H,1-8H2. The Morgan fingerprint density at radius 1 is 0.750 bits per heavy atom. The first-order valence-electron chi connectivity index (χ1n) is 4.61. The smallest absolute Gasteiger partial charge is 0.0697 e. The van der Waals surface area contributed by atoms with Gasteiger partial charge in [-0.3, -0.25) is 0 Å². The lowest BCUT2D eigenvalue weighted by Crippen LogP contribution is -1.86. The van der Waals surface area contributed by atoms with Crippen molar-refractivity contribution >= 4 is 47.8 Å². The van der Waals surface area contributed by atoms with Crippen LogP contribution >= 0.6 is 47.8 Å². The van der Waals surface area contributed by atoms with Crippen molar-refractivity contribution in [1.82, 2.24) is 0 Å². The lowest BCUT2D eigenvalue weighted by Gasteiger charge is -2.01. The third-order valence-corrected chi connectivity index (χ3v) is 3.28. The molecule has 12 heavy (non-hydrogen) atoms. The number of alkyl halides is 3. The predicted molar refractivity (Wildman–Crippen MR) is 67.8 cm³/mol. The van der Waals surface area contributed by atoms with Gasteiger partial charge < -0.3 is 0 Å². The van der Waals surface area contributed by atoms with Gasteiger partial charge in [-0.2, -0.15) is 0 Å². The Labute approximate surface area is 101 Å². The normalized spacial score (nSPS) is 11.0. The van der Waals surface area contributed by atoms with Gasteiger partial charge in [-0.25, -0.2) is 0 Å². The molecular formula is C9H17Br3. The SMILES string of the molecule is BrCCCCCCCCC(Br)Br. The summed E-state index contributed by atoms with van der Waals surface area (Å²) in [6.45, 7) is 0. The highest BCUT2D eigenvalue weighted by molar-refractivity contribution is 9.24. The third-order valence-electron chi connectivity index (χ3n) is 1.81. The second-order valence-corrected chi connectivity index (χ2v) is 7.22. The lowest BCUT2D eigenvalue weighted by atomic mass is 10.1. The maximum atomic E-state index is 3.48. The predicted octanol–water partition coefficient (Wildman–Crippen LogP) is 5.23. The molecule has 0 fully saturated rings. The number of hydrogen-bond donors (Lipinski definition) is 0. The van der Waals surface area contributed by atoms with E-state index in [4.69, 9.17) is 0 Å². The fourth-order valence-corrected chi connectivity index (χ4v) is 2.14. The van der Waals surface area contributed by atoms with Gasteiger partial charge in [0.25, 0.3) is 0 Å². The van der Waals surface area contributed by atoms with E-state index in [9.17, 15) is 0 Å². The highest BCUT2D eigenvalue weighted by atomic mass is 79.9. The van der Waals surface area contributed by atoms with Crippen molar-refractivity contribution in [1.29, 1.82) is 0 Å². The lowest BCUT2D eigenvalue weighted by molar-refractivity contribution is 0.604. The monoisotopic (exact) mass is 362 g/mol. The Bertz CT molecular complexity index is 83.8. The quantitative estimate of drug-likeness (QED) is 0.408. The van der Waals surface area contributed by atoms with Gasteiger partial charge in [0.2, 0.25) is 0 Å². The molecule has 0 atom stereocenters. The summed E-state index contributed by atoms with van der Waals surface area (Å²) in [5, 5.41) is 1.16. The van der Waals surface area contributed by atoms with Crippen molar-refractivity contribution in [2.75, 3.05) is 5.33 Å². The second-order valence-electron chi connectivity index (χ2n) is 2.99. The van der Waals surface area contributed by atoms with E-state index in [1.807, 2.05) is 0 Å². The van der Waals surface area contributed by atoms with Gasteiger partial charge in [-0.1, -0.05) is 79.9 Å². The second kappa shape index (κ2) is 10.5. The van der Waals surface area contributed by atoms with E-state index in [-0.39, 0.29) is 0 Å². The summed E-state index contributed by atoms with van der Waals surface area (Å²) in [7, 11) is 0. The molecule has 0 heterocycles. The molecule has 0 N–H and O–H groups in total. The van der Waals surface area contributed by atoms with Crippen molar-refractivity contribution in [3.8, 4) is 0 Å². The third kappa shape index (κ3) is 11.4. The molecule has 0 aliphatic carbocycles. The van der Waals surface area contributed by atoms with E-state index in [0.717, 1.165) is 5.33 Å². The summed E-state index contributed by atoms with van der Waals surface area (Å²) in [5.74, 6) is 0. The van der Waals surface area contributed by atoms with Crippen LogP contribution in [0.4, 0.5) is 0 Å². The number of halogens is 3. The fraction of sp³-hybridized carbons (Fsp3) is 1.00. The molecular weight excluding hydrogens is 348 g/mol. The topological polar surface area (TPSA) is 0 Å². The molecule has 0 rings (SSSR count). The van der Waals surface area contributed by atoms with Crippen LogP contribution in [-0.4, -0.2) is 9.07 Å². The molecule has 0 aliphatic heterocycles. The molecule has 0 aliphatic rings. The fourth-order valence-electron chi connectivity index (χ4n) is 1.10. The van der Waals surface area contributed by atoms with Crippen molar-refractivity contribution in [3.63, 3.8) is 0 Å². The average Bonchev–Trinajstić information content (AvgIpc) is 2.02. The van der Waals surface area contributed by atoms with Crippen molar-refractivity contribution in [2.24, 2.45) is 0 Å². The Balaban J connectivity index is 2.82. The molecule has 0 radical (unpaired) electrons. The molecule has 74 valence electrons. The van der Waals surface area contributed by atoms with Gasteiger partial charge in [0.05, 0.1) is 3.74 Å². The van der Waals surface area contributed by atoms with Crippen LogP contribution in [-0.2, 0) is 0 Å². The largest absolute Gasteiger partial charge is 0.0928 e. The highest BCUT2D eigenvalue weighted by Gasteiger charge is 1.96. The van der Waals surface area contributed by atoms with Crippen molar-refractivity contribution in [3.05, 3.63) is 0 Å². The van der Waals surface area contributed by atoms with Gasteiger partial charge >= 0.3 is 0 Å². The summed E-state index contributed by atoms with van der Waals surface area (Å²) < 4.78 is 0.521. The van der Waals surface area contributed by atoms with Crippen LogP contribution in [0.1, 0.15) is 44.9 Å². The zero-order valence-corrected chi connectivity index (χ0v) is 12.1. The van der Waals surface area contributed by atoms with E-state index in [1.165, 1.54) is 44.9 Å². The van der Waals surface area contributed by atoms with Gasteiger partial charge in [-0.15, -0.1) is 0 Å². The molecule has 0 aromatic rings. The Kier molecular flexibility index (Phi) is 11.8. The average molecular weight is 365 g/mol. The minimum atomic E-state index is 0.521. The van der Waals surface area contributed by atoms with Gasteiger partial charge in [0, 0.05) is 5.33 Å². The van der Waals surface area contributed by atoms with Crippen LogP contribution in [0.5, 0.6) is 0 Å². The molecule has 3 heteroatoms. The van der Waals surface area contributed by atoms with E-state index in [0.29, 0.717) is 3.74 Å². The van der Waals surface area contributed by atoms with Gasteiger partial charge in [0.15, 0.2) is 0 Å². The first kappa shape index (κ1) is 13.4. The first-order chi connectivity index (χ1) is 5.77. The molecule has 0 saturated heterocycles. The molecule has 0 unspecified atom stereocenters. The summed E-state index contributed by atoms with van der Waals surface area (Å²) in [6, 6.07) is 0. The zero-order valence-electron chi connectivity index (χ0n) is 7.37. The highest BCUT2D eigenvalue weighted by Crippen LogP contribution is 2.17. The van der Waals surface area contributed by atoms with Crippen LogP contribution in [0.2, 0.25) is 0 Å². The van der Waals surface area contributed by atoms with Crippen molar-refractivity contribution < 1.29 is 0 Å². The summed E-state index contributed by atoms with van der Waals surface area (Å²) in [6.07, 6.45) is 9.50. The molecule has 0 nitrogen and oxygen atoms in total. The molecule has 0 spiro atoms. The number of hydrogen-bond acceptors (Lipinski definition) is 0. The molecule has 0 aromatic heterocycles. The molecule has 0 bridgehead atoms. The maximum Gasteiger partial charge on any atom is 0.0697 e. The number of rotatable bonds is 8. The number of unbranched alkanes of at least 4 members (excludes halogenated alkanes) is 5. The Hall–Kier alpha value is 1.44. The minimum Gasteiger partial charge on any atom is -0.0928 e. The van der Waals surface area contributed by atoms with Crippen LogP contribution in [0.15, 0.2) is 0 Å². The zero-order chi connectivity index (χ0) is 9.23. The molecule has 0 aromatic carbocycles. The molecule has 0 amide bonds. The van der Waals surface area contributed by atoms with E-state index < -0.39 is 0 Å². The van der Waals surface area contributed by atoms with Gasteiger partial charge in [0.1, 0.15) is 0 Å². The van der Waals surface area contributed by atoms with Crippen LogP contribution in [0, 0.1) is 0 Å². The van der Waals surface area contributed by atoms with Crippen LogP contribution in [0.25, 0.3) is 0 Å².